The van der Waals surface area contributed by atoms with E-state index in [1.807, 2.05) is 37.4 Å². The SMILES string of the molecule is CCOC(=O)c1ccc(CCNCCCc2ncc[nH]2)cc1. The van der Waals surface area contributed by atoms with Crippen LogP contribution in [-0.4, -0.2) is 35.6 Å². The lowest BCUT2D eigenvalue weighted by Crippen LogP contribution is -2.19. The lowest BCUT2D eigenvalue weighted by atomic mass is 10.1. The van der Waals surface area contributed by atoms with Crippen molar-refractivity contribution in [2.24, 2.45) is 0 Å². The zero-order valence-electron chi connectivity index (χ0n) is 13.0. The zero-order chi connectivity index (χ0) is 15.6. The number of esters is 1. The van der Waals surface area contributed by atoms with Crippen molar-refractivity contribution in [1.29, 1.82) is 0 Å². The molecular weight excluding hydrogens is 278 g/mol. The van der Waals surface area contributed by atoms with Crippen LogP contribution in [0.2, 0.25) is 0 Å². The van der Waals surface area contributed by atoms with Crippen LogP contribution in [0.5, 0.6) is 0 Å². The number of nitrogens with one attached hydrogen (secondary N) is 2. The van der Waals surface area contributed by atoms with Gasteiger partial charge >= 0.3 is 5.97 Å². The molecule has 0 fully saturated rings. The number of aromatic nitrogens is 2. The Balaban J connectivity index is 1.61. The summed E-state index contributed by atoms with van der Waals surface area (Å²) < 4.78 is 4.96. The first-order valence-corrected chi connectivity index (χ1v) is 7.74. The lowest BCUT2D eigenvalue weighted by molar-refractivity contribution is 0.0526. The van der Waals surface area contributed by atoms with Crippen LogP contribution in [0.3, 0.4) is 0 Å². The quantitative estimate of drug-likeness (QED) is 0.551. The summed E-state index contributed by atoms with van der Waals surface area (Å²) in [5, 5.41) is 3.42. The molecule has 0 aliphatic heterocycles. The maximum Gasteiger partial charge on any atom is 0.338 e. The van der Waals surface area contributed by atoms with Crippen LogP contribution in [-0.2, 0) is 17.6 Å². The standard InChI is InChI=1S/C17H23N3O2/c1-2-22-17(21)15-7-5-14(6-8-15)9-11-18-10-3-4-16-19-12-13-20-16/h5-8,12-13,18H,2-4,9-11H2,1H3,(H,19,20). The number of ether oxygens (including phenoxy) is 1. The monoisotopic (exact) mass is 301 g/mol. The molecule has 0 aliphatic carbocycles. The van der Waals surface area contributed by atoms with Gasteiger partial charge in [-0.1, -0.05) is 12.1 Å². The number of hydrogen-bond donors (Lipinski definition) is 2. The smallest absolute Gasteiger partial charge is 0.338 e. The molecule has 0 saturated carbocycles. The molecule has 0 radical (unpaired) electrons. The van der Waals surface area contributed by atoms with Crippen molar-refractivity contribution >= 4 is 5.97 Å². The van der Waals surface area contributed by atoms with Crippen molar-refractivity contribution < 1.29 is 9.53 Å². The minimum absolute atomic E-state index is 0.259. The highest BCUT2D eigenvalue weighted by atomic mass is 16.5. The molecule has 0 amide bonds. The van der Waals surface area contributed by atoms with Gasteiger partial charge in [-0.25, -0.2) is 9.78 Å². The third kappa shape index (κ3) is 5.33. The summed E-state index contributed by atoms with van der Waals surface area (Å²) in [6.07, 6.45) is 6.61. The molecule has 22 heavy (non-hydrogen) atoms. The molecule has 0 atom stereocenters. The molecule has 0 saturated heterocycles. The Morgan fingerprint density at radius 2 is 2.05 bits per heavy atom. The number of aromatic amines is 1. The first-order chi connectivity index (χ1) is 10.8. The Morgan fingerprint density at radius 3 is 2.73 bits per heavy atom. The second-order valence-electron chi connectivity index (χ2n) is 5.06. The maximum absolute atomic E-state index is 11.5. The van der Waals surface area contributed by atoms with Crippen LogP contribution in [0.4, 0.5) is 0 Å². The summed E-state index contributed by atoms with van der Waals surface area (Å²) in [4.78, 5) is 18.8. The van der Waals surface area contributed by atoms with E-state index < -0.39 is 0 Å². The van der Waals surface area contributed by atoms with Gasteiger partial charge in [0.2, 0.25) is 0 Å². The number of aryl methyl sites for hydroxylation is 1. The van der Waals surface area contributed by atoms with Crippen LogP contribution < -0.4 is 5.32 Å². The summed E-state index contributed by atoms with van der Waals surface area (Å²) in [5.74, 6) is 0.779. The Hall–Kier alpha value is -2.14. The fraction of sp³-hybridized carbons (Fsp3) is 0.412. The van der Waals surface area contributed by atoms with E-state index in [0.717, 1.165) is 38.2 Å². The molecule has 2 N–H and O–H groups in total. The Kier molecular flexibility index (Phi) is 6.64. The number of imidazole rings is 1. The first-order valence-electron chi connectivity index (χ1n) is 7.74. The third-order valence-electron chi connectivity index (χ3n) is 3.38. The van der Waals surface area contributed by atoms with Gasteiger partial charge < -0.3 is 15.0 Å². The topological polar surface area (TPSA) is 67.0 Å². The van der Waals surface area contributed by atoms with Gasteiger partial charge in [0, 0.05) is 18.8 Å². The van der Waals surface area contributed by atoms with Gasteiger partial charge in [-0.05, 0) is 50.6 Å². The third-order valence-corrected chi connectivity index (χ3v) is 3.38. The molecular formula is C17H23N3O2. The van der Waals surface area contributed by atoms with E-state index in [9.17, 15) is 4.79 Å². The minimum Gasteiger partial charge on any atom is -0.462 e. The van der Waals surface area contributed by atoms with Crippen LogP contribution in [0, 0.1) is 0 Å². The molecule has 0 unspecified atom stereocenters. The predicted molar refractivity (Wildman–Crippen MR) is 85.9 cm³/mol. The predicted octanol–water partition coefficient (Wildman–Crippen LogP) is 2.35. The normalized spacial score (nSPS) is 10.6. The molecule has 1 aromatic carbocycles. The van der Waals surface area contributed by atoms with Crippen LogP contribution in [0.25, 0.3) is 0 Å². The van der Waals surface area contributed by atoms with E-state index in [1.54, 1.807) is 6.20 Å². The van der Waals surface area contributed by atoms with E-state index in [0.29, 0.717) is 12.2 Å². The Bertz CT molecular complexity index is 550. The van der Waals surface area contributed by atoms with Crippen molar-refractivity contribution in [1.82, 2.24) is 15.3 Å². The van der Waals surface area contributed by atoms with Gasteiger partial charge in [0.1, 0.15) is 5.82 Å². The molecule has 0 aliphatic rings. The van der Waals surface area contributed by atoms with Crippen molar-refractivity contribution in [3.05, 3.63) is 53.6 Å². The molecule has 0 spiro atoms. The van der Waals surface area contributed by atoms with Gasteiger partial charge in [0.25, 0.3) is 0 Å². The molecule has 1 aromatic heterocycles. The molecule has 2 aromatic rings. The molecule has 5 nitrogen and oxygen atoms in total. The first kappa shape index (κ1) is 16.2. The van der Waals surface area contributed by atoms with Gasteiger partial charge in [-0.15, -0.1) is 0 Å². The van der Waals surface area contributed by atoms with Gasteiger partial charge in [0.15, 0.2) is 0 Å². The highest BCUT2D eigenvalue weighted by Crippen LogP contribution is 2.06. The molecule has 2 rings (SSSR count). The van der Waals surface area contributed by atoms with Crippen molar-refractivity contribution in [3.8, 4) is 0 Å². The number of carbonyl (C=O) groups excluding carboxylic acids is 1. The van der Waals surface area contributed by atoms with E-state index in [-0.39, 0.29) is 5.97 Å². The fourth-order valence-electron chi connectivity index (χ4n) is 2.20. The molecule has 1 heterocycles. The van der Waals surface area contributed by atoms with Gasteiger partial charge in [-0.3, -0.25) is 0 Å². The van der Waals surface area contributed by atoms with E-state index >= 15 is 0 Å². The summed E-state index contributed by atoms with van der Waals surface area (Å²) >= 11 is 0. The van der Waals surface area contributed by atoms with Crippen molar-refractivity contribution in [2.75, 3.05) is 19.7 Å². The summed E-state index contributed by atoms with van der Waals surface area (Å²) in [6.45, 7) is 4.12. The number of H-pyrrole nitrogens is 1. The largest absolute Gasteiger partial charge is 0.462 e. The second-order valence-corrected chi connectivity index (χ2v) is 5.06. The number of nitrogens with zero attached hydrogens (tertiary/aromatic N) is 1. The van der Waals surface area contributed by atoms with Gasteiger partial charge in [0.05, 0.1) is 12.2 Å². The molecule has 0 bridgehead atoms. The van der Waals surface area contributed by atoms with Crippen molar-refractivity contribution in [3.63, 3.8) is 0 Å². The molecule has 118 valence electrons. The van der Waals surface area contributed by atoms with E-state index in [2.05, 4.69) is 15.3 Å². The average molecular weight is 301 g/mol. The van der Waals surface area contributed by atoms with Crippen molar-refractivity contribution in [2.45, 2.75) is 26.2 Å². The fourth-order valence-corrected chi connectivity index (χ4v) is 2.20. The number of rotatable bonds is 9. The van der Waals surface area contributed by atoms with Gasteiger partial charge in [-0.2, -0.15) is 0 Å². The highest BCUT2D eigenvalue weighted by Gasteiger charge is 2.05. The average Bonchev–Trinajstić information content (AvgIpc) is 3.05. The number of benzene rings is 1. The highest BCUT2D eigenvalue weighted by molar-refractivity contribution is 5.89. The number of hydrogen-bond acceptors (Lipinski definition) is 4. The maximum atomic E-state index is 11.5. The molecule has 5 heteroatoms. The van der Waals surface area contributed by atoms with Crippen LogP contribution in [0.15, 0.2) is 36.7 Å². The summed E-state index contributed by atoms with van der Waals surface area (Å²) in [5.41, 5.74) is 1.82. The number of carbonyl (C=O) groups is 1. The van der Waals surface area contributed by atoms with Crippen LogP contribution in [0.1, 0.15) is 35.1 Å². The summed E-state index contributed by atoms with van der Waals surface area (Å²) in [6, 6.07) is 7.61. The minimum atomic E-state index is -0.259. The van der Waals surface area contributed by atoms with Crippen LogP contribution >= 0.6 is 0 Å². The zero-order valence-corrected chi connectivity index (χ0v) is 13.0. The second kappa shape index (κ2) is 9.00. The Morgan fingerprint density at radius 1 is 1.23 bits per heavy atom. The lowest BCUT2D eigenvalue weighted by Gasteiger charge is -2.06. The van der Waals surface area contributed by atoms with E-state index in [1.165, 1.54) is 5.56 Å². The van der Waals surface area contributed by atoms with E-state index in [4.69, 9.17) is 4.74 Å². The summed E-state index contributed by atoms with van der Waals surface area (Å²) in [7, 11) is 0. The Labute approximate surface area is 131 Å².